The van der Waals surface area contributed by atoms with Gasteiger partial charge in [-0.25, -0.2) is 13.1 Å². The van der Waals surface area contributed by atoms with Crippen LogP contribution in [0.3, 0.4) is 0 Å². The zero-order chi connectivity index (χ0) is 19.2. The lowest BCUT2D eigenvalue weighted by Crippen LogP contribution is -2.50. The van der Waals surface area contributed by atoms with Gasteiger partial charge < -0.3 is 10.1 Å². The highest BCUT2D eigenvalue weighted by molar-refractivity contribution is 7.88. The highest BCUT2D eigenvalue weighted by atomic mass is 35.5. The van der Waals surface area contributed by atoms with Gasteiger partial charge in [0, 0.05) is 30.1 Å². The first kappa shape index (κ1) is 21.2. The van der Waals surface area contributed by atoms with Gasteiger partial charge in [-0.1, -0.05) is 36.7 Å². The summed E-state index contributed by atoms with van der Waals surface area (Å²) in [6.45, 7) is 2.94. The number of ether oxygens (including phenoxy) is 1. The second-order valence-corrected chi connectivity index (χ2v) is 8.91. The molecule has 0 heterocycles. The van der Waals surface area contributed by atoms with Crippen LogP contribution in [-0.4, -0.2) is 39.3 Å². The smallest absolute Gasteiger partial charge is 0.223 e. The minimum absolute atomic E-state index is 0.0841. The molecule has 0 spiro atoms. The quantitative estimate of drug-likeness (QED) is 0.699. The number of nitrogens with one attached hydrogen (secondary N) is 2. The molecule has 0 bridgehead atoms. The number of rotatable bonds is 8. The van der Waals surface area contributed by atoms with Crippen LogP contribution >= 0.6 is 11.6 Å². The SMILES string of the molecule is CCCO[C@@H]1CC[C@H](C(=O)NCc2ccccc2Cl)C[C@H]1NS(C)(=O)=O. The Balaban J connectivity index is 1.96. The van der Waals surface area contributed by atoms with Crippen molar-refractivity contribution in [2.24, 2.45) is 5.92 Å². The average Bonchev–Trinajstić information content (AvgIpc) is 2.58. The molecule has 0 aromatic heterocycles. The standard InChI is InChI=1S/C18H27ClN2O4S/c1-3-10-25-17-9-8-13(11-16(17)21-26(2,23)24)18(22)20-12-14-6-4-5-7-15(14)19/h4-7,13,16-17,21H,3,8-12H2,1-2H3,(H,20,22)/t13-,16+,17+/m0/s1. The molecule has 1 aliphatic carbocycles. The maximum atomic E-state index is 12.5. The lowest BCUT2D eigenvalue weighted by atomic mass is 9.83. The van der Waals surface area contributed by atoms with E-state index >= 15 is 0 Å². The first-order chi connectivity index (χ1) is 12.3. The van der Waals surface area contributed by atoms with Crippen LogP contribution in [0.4, 0.5) is 0 Å². The molecular weight excluding hydrogens is 376 g/mol. The number of sulfonamides is 1. The number of hydrogen-bond acceptors (Lipinski definition) is 4. The largest absolute Gasteiger partial charge is 0.377 e. The van der Waals surface area contributed by atoms with E-state index in [9.17, 15) is 13.2 Å². The Labute approximate surface area is 160 Å². The van der Waals surface area contributed by atoms with Crippen molar-refractivity contribution in [1.29, 1.82) is 0 Å². The summed E-state index contributed by atoms with van der Waals surface area (Å²) >= 11 is 6.11. The topological polar surface area (TPSA) is 84.5 Å². The highest BCUT2D eigenvalue weighted by Gasteiger charge is 2.35. The van der Waals surface area contributed by atoms with E-state index in [-0.39, 0.29) is 24.0 Å². The summed E-state index contributed by atoms with van der Waals surface area (Å²) in [7, 11) is -3.37. The molecule has 1 aromatic rings. The van der Waals surface area contributed by atoms with Gasteiger partial charge in [-0.3, -0.25) is 4.79 Å². The van der Waals surface area contributed by atoms with E-state index in [1.165, 1.54) is 0 Å². The Kier molecular flexibility index (Phi) is 7.88. The Bertz CT molecular complexity index is 711. The summed E-state index contributed by atoms with van der Waals surface area (Å²) < 4.78 is 31.7. The fourth-order valence-corrected chi connectivity index (χ4v) is 4.22. The first-order valence-corrected chi connectivity index (χ1v) is 11.2. The zero-order valence-corrected chi connectivity index (χ0v) is 16.8. The molecule has 1 aliphatic rings. The number of carbonyl (C=O) groups is 1. The molecule has 8 heteroatoms. The molecule has 2 N–H and O–H groups in total. The van der Waals surface area contributed by atoms with Crippen LogP contribution in [-0.2, 0) is 26.1 Å². The van der Waals surface area contributed by atoms with Gasteiger partial charge in [-0.2, -0.15) is 0 Å². The van der Waals surface area contributed by atoms with E-state index in [2.05, 4.69) is 10.0 Å². The number of benzene rings is 1. The van der Waals surface area contributed by atoms with Crippen molar-refractivity contribution in [3.05, 3.63) is 34.9 Å². The van der Waals surface area contributed by atoms with Gasteiger partial charge in [0.25, 0.3) is 0 Å². The Morgan fingerprint density at radius 3 is 2.69 bits per heavy atom. The van der Waals surface area contributed by atoms with Crippen molar-refractivity contribution in [2.45, 2.75) is 51.3 Å². The van der Waals surface area contributed by atoms with Crippen molar-refractivity contribution < 1.29 is 17.9 Å². The Hall–Kier alpha value is -1.15. The van der Waals surface area contributed by atoms with Gasteiger partial charge in [-0.05, 0) is 37.3 Å². The van der Waals surface area contributed by atoms with Gasteiger partial charge in [0.2, 0.25) is 15.9 Å². The molecule has 26 heavy (non-hydrogen) atoms. The van der Waals surface area contributed by atoms with Crippen LogP contribution in [0, 0.1) is 5.92 Å². The van der Waals surface area contributed by atoms with Gasteiger partial charge in [-0.15, -0.1) is 0 Å². The minimum atomic E-state index is -3.37. The van der Waals surface area contributed by atoms with Gasteiger partial charge >= 0.3 is 0 Å². The highest BCUT2D eigenvalue weighted by Crippen LogP contribution is 2.28. The summed E-state index contributed by atoms with van der Waals surface area (Å²) in [4.78, 5) is 12.5. The van der Waals surface area contributed by atoms with Crippen molar-refractivity contribution in [1.82, 2.24) is 10.0 Å². The van der Waals surface area contributed by atoms with E-state index in [1.807, 2.05) is 25.1 Å². The predicted octanol–water partition coefficient (Wildman–Crippen LogP) is 2.47. The van der Waals surface area contributed by atoms with Gasteiger partial charge in [0.15, 0.2) is 0 Å². The summed E-state index contributed by atoms with van der Waals surface area (Å²) in [5, 5.41) is 3.52. The van der Waals surface area contributed by atoms with E-state index in [4.69, 9.17) is 16.3 Å². The van der Waals surface area contributed by atoms with Crippen LogP contribution < -0.4 is 10.0 Å². The lowest BCUT2D eigenvalue weighted by Gasteiger charge is -2.35. The predicted molar refractivity (Wildman–Crippen MR) is 102 cm³/mol. The fraction of sp³-hybridized carbons (Fsp3) is 0.611. The Morgan fingerprint density at radius 1 is 1.31 bits per heavy atom. The summed E-state index contributed by atoms with van der Waals surface area (Å²) in [6.07, 6.45) is 3.55. The fourth-order valence-electron chi connectivity index (χ4n) is 3.22. The second-order valence-electron chi connectivity index (χ2n) is 6.72. The average molecular weight is 403 g/mol. The Morgan fingerprint density at radius 2 is 2.04 bits per heavy atom. The zero-order valence-electron chi connectivity index (χ0n) is 15.2. The van der Waals surface area contributed by atoms with E-state index < -0.39 is 10.0 Å². The van der Waals surface area contributed by atoms with E-state index in [0.717, 1.165) is 18.2 Å². The normalized spacial score (nSPS) is 23.6. The van der Waals surface area contributed by atoms with Crippen LogP contribution in [0.1, 0.15) is 38.2 Å². The molecule has 1 saturated carbocycles. The molecule has 2 rings (SSSR count). The maximum absolute atomic E-state index is 12.5. The molecule has 0 unspecified atom stereocenters. The molecule has 1 aromatic carbocycles. The van der Waals surface area contributed by atoms with Crippen molar-refractivity contribution >= 4 is 27.5 Å². The van der Waals surface area contributed by atoms with Crippen LogP contribution in [0.15, 0.2) is 24.3 Å². The van der Waals surface area contributed by atoms with Crippen LogP contribution in [0.5, 0.6) is 0 Å². The van der Waals surface area contributed by atoms with Crippen LogP contribution in [0.25, 0.3) is 0 Å². The molecule has 0 aliphatic heterocycles. The second kappa shape index (κ2) is 9.69. The summed E-state index contributed by atoms with van der Waals surface area (Å²) in [6, 6.07) is 6.97. The van der Waals surface area contributed by atoms with Crippen molar-refractivity contribution in [3.8, 4) is 0 Å². The molecule has 1 fully saturated rings. The molecule has 0 saturated heterocycles. The third-order valence-electron chi connectivity index (χ3n) is 4.47. The molecule has 6 nitrogen and oxygen atoms in total. The minimum Gasteiger partial charge on any atom is -0.377 e. The van der Waals surface area contributed by atoms with E-state index in [1.54, 1.807) is 6.07 Å². The molecular formula is C18H27ClN2O4S. The lowest BCUT2D eigenvalue weighted by molar-refractivity contribution is -0.127. The number of halogens is 1. The van der Waals surface area contributed by atoms with E-state index in [0.29, 0.717) is 37.4 Å². The summed E-state index contributed by atoms with van der Waals surface area (Å²) in [5.74, 6) is -0.336. The molecule has 0 radical (unpaired) electrons. The van der Waals surface area contributed by atoms with Crippen molar-refractivity contribution in [3.63, 3.8) is 0 Å². The van der Waals surface area contributed by atoms with Gasteiger partial charge in [0.05, 0.1) is 12.4 Å². The third kappa shape index (κ3) is 6.54. The number of amides is 1. The van der Waals surface area contributed by atoms with Crippen molar-refractivity contribution in [2.75, 3.05) is 12.9 Å². The molecule has 3 atom stereocenters. The summed E-state index contributed by atoms with van der Waals surface area (Å²) in [5.41, 5.74) is 0.855. The maximum Gasteiger partial charge on any atom is 0.223 e. The number of hydrogen-bond donors (Lipinski definition) is 2. The van der Waals surface area contributed by atoms with Crippen LogP contribution in [0.2, 0.25) is 5.02 Å². The molecule has 1 amide bonds. The van der Waals surface area contributed by atoms with Gasteiger partial charge in [0.1, 0.15) is 0 Å². The first-order valence-electron chi connectivity index (χ1n) is 8.90. The third-order valence-corrected chi connectivity index (χ3v) is 5.57. The monoisotopic (exact) mass is 402 g/mol. The number of carbonyl (C=O) groups excluding carboxylic acids is 1. The molecule has 146 valence electrons.